The predicted molar refractivity (Wildman–Crippen MR) is 105 cm³/mol. The summed E-state index contributed by atoms with van der Waals surface area (Å²) in [6, 6.07) is 5.29. The van der Waals surface area contributed by atoms with Crippen molar-refractivity contribution in [2.24, 2.45) is 17.8 Å². The number of carbonyl (C=O) groups excluding carboxylic acids is 3. The van der Waals surface area contributed by atoms with E-state index in [9.17, 15) is 14.4 Å². The van der Waals surface area contributed by atoms with Gasteiger partial charge in [0.15, 0.2) is 0 Å². The zero-order chi connectivity index (χ0) is 19.5. The molecule has 4 atom stereocenters. The fraction of sp³-hybridized carbons (Fsp3) is 0.450. The van der Waals surface area contributed by atoms with Crippen LogP contribution in [0.2, 0.25) is 0 Å². The highest BCUT2D eigenvalue weighted by atomic mass is 79.9. The van der Waals surface area contributed by atoms with Gasteiger partial charge in [-0.15, -0.1) is 6.58 Å². The van der Waals surface area contributed by atoms with Crippen molar-refractivity contribution in [2.75, 3.05) is 11.9 Å². The van der Waals surface area contributed by atoms with Crippen molar-refractivity contribution in [3.05, 3.63) is 40.9 Å². The fourth-order valence-corrected chi connectivity index (χ4v) is 5.21. The van der Waals surface area contributed by atoms with E-state index in [1.54, 1.807) is 6.08 Å². The molecule has 0 radical (unpaired) electrons. The third-order valence-corrected chi connectivity index (χ3v) is 6.30. The van der Waals surface area contributed by atoms with Crippen LogP contribution in [-0.2, 0) is 19.9 Å². The molecule has 1 aromatic rings. The van der Waals surface area contributed by atoms with Gasteiger partial charge in [0, 0.05) is 28.3 Å². The molecule has 0 aromatic heterocycles. The SMILES string of the molecule is C=CCN1C(=O)[C@H]2[C@H](CC(C)C)N[C@@]3(C(=O)Nc4ccc(Br)cc43)[C@H]2C1=O. The Hall–Kier alpha value is -1.99. The Balaban J connectivity index is 1.89. The van der Waals surface area contributed by atoms with Crippen LogP contribution in [0.3, 0.4) is 0 Å². The average Bonchev–Trinajstić information content (AvgIpc) is 3.16. The number of amides is 3. The first-order valence-electron chi connectivity index (χ1n) is 9.16. The van der Waals surface area contributed by atoms with Gasteiger partial charge in [-0.2, -0.15) is 0 Å². The topological polar surface area (TPSA) is 78.5 Å². The van der Waals surface area contributed by atoms with E-state index in [1.165, 1.54) is 4.90 Å². The number of hydrogen-bond acceptors (Lipinski definition) is 4. The number of nitrogens with zero attached hydrogens (tertiary/aromatic N) is 1. The number of fused-ring (bicyclic) bond motifs is 4. The van der Waals surface area contributed by atoms with Crippen molar-refractivity contribution in [3.8, 4) is 0 Å². The standard InChI is InChI=1S/C20H22BrN3O3/c1-4-7-24-17(25)15-14(8-10(2)3)23-20(16(15)18(24)26)12-9-11(21)5-6-13(12)22-19(20)27/h4-6,9-10,14-16,23H,1,7-8H2,2-3H3,(H,22,27)/t14-,15-,16+,20+/m0/s1. The van der Waals surface area contributed by atoms with Crippen LogP contribution < -0.4 is 10.6 Å². The number of likely N-dealkylation sites (tertiary alicyclic amines) is 1. The number of benzene rings is 1. The maximum Gasteiger partial charge on any atom is 0.250 e. The second kappa shape index (κ2) is 6.27. The fourth-order valence-electron chi connectivity index (χ4n) is 4.85. The summed E-state index contributed by atoms with van der Waals surface area (Å²) in [6.07, 6.45) is 2.26. The van der Waals surface area contributed by atoms with Gasteiger partial charge in [0.1, 0.15) is 5.54 Å². The molecule has 4 rings (SSSR count). The van der Waals surface area contributed by atoms with Gasteiger partial charge in [-0.05, 0) is 30.5 Å². The second-order valence-electron chi connectivity index (χ2n) is 7.91. The monoisotopic (exact) mass is 431 g/mol. The molecule has 3 amide bonds. The van der Waals surface area contributed by atoms with E-state index in [4.69, 9.17) is 0 Å². The molecule has 2 fully saturated rings. The van der Waals surface area contributed by atoms with Gasteiger partial charge in [-0.25, -0.2) is 0 Å². The molecule has 2 saturated heterocycles. The molecule has 27 heavy (non-hydrogen) atoms. The molecule has 1 aromatic carbocycles. The number of rotatable bonds is 4. The van der Waals surface area contributed by atoms with Crippen LogP contribution in [0.4, 0.5) is 5.69 Å². The second-order valence-corrected chi connectivity index (χ2v) is 8.83. The Kier molecular flexibility index (Phi) is 4.27. The Morgan fingerprint density at radius 2 is 2.04 bits per heavy atom. The largest absolute Gasteiger partial charge is 0.324 e. The third-order valence-electron chi connectivity index (χ3n) is 5.81. The molecule has 3 heterocycles. The Morgan fingerprint density at radius 1 is 1.30 bits per heavy atom. The molecular formula is C20H22BrN3O3. The van der Waals surface area contributed by atoms with E-state index < -0.39 is 17.4 Å². The number of hydrogen-bond donors (Lipinski definition) is 2. The Morgan fingerprint density at radius 3 is 2.70 bits per heavy atom. The van der Waals surface area contributed by atoms with E-state index in [-0.39, 0.29) is 30.3 Å². The summed E-state index contributed by atoms with van der Waals surface area (Å²) in [5.74, 6) is -1.75. The van der Waals surface area contributed by atoms with E-state index in [0.29, 0.717) is 18.0 Å². The van der Waals surface area contributed by atoms with Crippen LogP contribution in [0, 0.1) is 17.8 Å². The minimum atomic E-state index is -1.22. The summed E-state index contributed by atoms with van der Waals surface area (Å²) in [7, 11) is 0. The highest BCUT2D eigenvalue weighted by Gasteiger charge is 2.70. The molecule has 0 saturated carbocycles. The average molecular weight is 432 g/mol. The van der Waals surface area contributed by atoms with Crippen molar-refractivity contribution >= 4 is 39.3 Å². The van der Waals surface area contributed by atoms with Crippen LogP contribution in [0.25, 0.3) is 0 Å². The molecule has 7 heteroatoms. The van der Waals surface area contributed by atoms with Crippen LogP contribution >= 0.6 is 15.9 Å². The van der Waals surface area contributed by atoms with Gasteiger partial charge in [0.25, 0.3) is 0 Å². The van der Waals surface area contributed by atoms with E-state index >= 15 is 0 Å². The number of anilines is 1. The van der Waals surface area contributed by atoms with Crippen molar-refractivity contribution in [3.63, 3.8) is 0 Å². The highest BCUT2D eigenvalue weighted by Crippen LogP contribution is 2.54. The lowest BCUT2D eigenvalue weighted by Crippen LogP contribution is -2.53. The van der Waals surface area contributed by atoms with Gasteiger partial charge in [0.2, 0.25) is 17.7 Å². The number of nitrogens with one attached hydrogen (secondary N) is 2. The minimum Gasteiger partial charge on any atom is -0.324 e. The third kappa shape index (κ3) is 2.44. The van der Waals surface area contributed by atoms with E-state index in [0.717, 1.165) is 10.0 Å². The lowest BCUT2D eigenvalue weighted by atomic mass is 9.76. The van der Waals surface area contributed by atoms with Crippen molar-refractivity contribution in [2.45, 2.75) is 31.8 Å². The first kappa shape index (κ1) is 18.4. The molecule has 6 nitrogen and oxygen atoms in total. The van der Waals surface area contributed by atoms with Gasteiger partial charge >= 0.3 is 0 Å². The highest BCUT2D eigenvalue weighted by molar-refractivity contribution is 9.10. The molecule has 2 N–H and O–H groups in total. The van der Waals surface area contributed by atoms with Crippen molar-refractivity contribution < 1.29 is 14.4 Å². The molecule has 3 aliphatic rings. The first-order valence-corrected chi connectivity index (χ1v) is 9.95. The van der Waals surface area contributed by atoms with E-state index in [1.807, 2.05) is 18.2 Å². The molecule has 0 bridgehead atoms. The lowest BCUT2D eigenvalue weighted by molar-refractivity contribution is -0.142. The number of carbonyl (C=O) groups is 3. The summed E-state index contributed by atoms with van der Waals surface area (Å²) >= 11 is 3.46. The lowest BCUT2D eigenvalue weighted by Gasteiger charge is -2.29. The summed E-state index contributed by atoms with van der Waals surface area (Å²) < 4.78 is 0.822. The van der Waals surface area contributed by atoms with Crippen LogP contribution in [0.5, 0.6) is 0 Å². The van der Waals surface area contributed by atoms with E-state index in [2.05, 4.69) is 47.0 Å². The normalized spacial score (nSPS) is 31.6. The Bertz CT molecular complexity index is 868. The maximum atomic E-state index is 13.2. The summed E-state index contributed by atoms with van der Waals surface area (Å²) in [5.41, 5.74) is 0.193. The molecule has 142 valence electrons. The molecular weight excluding hydrogens is 410 g/mol. The quantitative estimate of drug-likeness (QED) is 0.566. The minimum absolute atomic E-state index is 0.169. The van der Waals surface area contributed by atoms with Crippen LogP contribution in [-0.4, -0.2) is 35.2 Å². The van der Waals surface area contributed by atoms with Crippen LogP contribution in [0.15, 0.2) is 35.3 Å². The number of halogens is 1. The molecule has 1 spiro atoms. The first-order chi connectivity index (χ1) is 12.8. The van der Waals surface area contributed by atoms with Gasteiger partial charge in [0.05, 0.1) is 11.8 Å². The zero-order valence-corrected chi connectivity index (χ0v) is 16.9. The summed E-state index contributed by atoms with van der Waals surface area (Å²) in [4.78, 5) is 40.7. The van der Waals surface area contributed by atoms with Gasteiger partial charge in [-0.3, -0.25) is 24.6 Å². The van der Waals surface area contributed by atoms with Crippen LogP contribution in [0.1, 0.15) is 25.8 Å². The van der Waals surface area contributed by atoms with Gasteiger partial charge < -0.3 is 5.32 Å². The van der Waals surface area contributed by atoms with Crippen molar-refractivity contribution in [1.29, 1.82) is 0 Å². The molecule has 0 aliphatic carbocycles. The zero-order valence-electron chi connectivity index (χ0n) is 15.3. The summed E-state index contributed by atoms with van der Waals surface area (Å²) in [6.45, 7) is 7.97. The predicted octanol–water partition coefficient (Wildman–Crippen LogP) is 2.40. The summed E-state index contributed by atoms with van der Waals surface area (Å²) in [5, 5.41) is 6.33. The maximum absolute atomic E-state index is 13.2. The molecule has 0 unspecified atom stereocenters. The smallest absolute Gasteiger partial charge is 0.250 e. The molecule has 3 aliphatic heterocycles. The van der Waals surface area contributed by atoms with Crippen molar-refractivity contribution in [1.82, 2.24) is 10.2 Å². The van der Waals surface area contributed by atoms with Gasteiger partial charge in [-0.1, -0.05) is 35.9 Å². The number of imide groups is 1. The Labute approximate surface area is 166 Å².